The van der Waals surface area contributed by atoms with Crippen molar-refractivity contribution >= 4 is 12.2 Å². The maximum Gasteiger partial charge on any atom is 0.352 e. The molecule has 0 N–H and O–H groups in total. The summed E-state index contributed by atoms with van der Waals surface area (Å²) in [5, 5.41) is 3.19. The van der Waals surface area contributed by atoms with Gasteiger partial charge in [-0.2, -0.15) is 0 Å². The Kier molecular flexibility index (Phi) is 4.49. The minimum Gasteiger partial charge on any atom is -0.462 e. The molecule has 0 heterocycles. The maximum atomic E-state index is 10.4. The van der Waals surface area contributed by atoms with E-state index >= 15 is 0 Å². The summed E-state index contributed by atoms with van der Waals surface area (Å²) in [6.07, 6.45) is 0.976. The molecule has 0 rings (SSSR count). The molecule has 0 spiro atoms. The predicted octanol–water partition coefficient (Wildman–Crippen LogP) is 0.182. The molecule has 9 heavy (non-hydrogen) atoms. The third-order valence-corrected chi connectivity index (χ3v) is 0.550. The van der Waals surface area contributed by atoms with E-state index in [0.29, 0.717) is 6.61 Å². The lowest BCUT2D eigenvalue weighted by molar-refractivity contribution is -0.134. The fraction of sp³-hybridized carbons (Fsp3) is 0.600. The number of carbonyl (C=O) groups is 1. The van der Waals surface area contributed by atoms with E-state index in [1.165, 1.54) is 7.11 Å². The molecule has 0 aromatic heterocycles. The van der Waals surface area contributed by atoms with E-state index in [1.54, 1.807) is 6.92 Å². The van der Waals surface area contributed by atoms with Crippen LogP contribution in [0.3, 0.4) is 0 Å². The number of hydrogen-bond acceptors (Lipinski definition) is 4. The number of rotatable bonds is 3. The molecule has 52 valence electrons. The molecule has 0 saturated carbocycles. The van der Waals surface area contributed by atoms with Crippen molar-refractivity contribution in [3.05, 3.63) is 0 Å². The van der Waals surface area contributed by atoms with Gasteiger partial charge in [-0.3, -0.25) is 0 Å². The lowest BCUT2D eigenvalue weighted by atomic mass is 10.7. The van der Waals surface area contributed by atoms with Crippen LogP contribution in [-0.2, 0) is 14.4 Å². The van der Waals surface area contributed by atoms with E-state index in [1.807, 2.05) is 0 Å². The molecule has 0 aromatic carbocycles. The molecule has 0 bridgehead atoms. The number of carbonyl (C=O) groups excluding carboxylic acids is 1. The number of nitrogens with zero attached hydrogens (tertiary/aromatic N) is 1. The van der Waals surface area contributed by atoms with Gasteiger partial charge in [-0.1, -0.05) is 5.16 Å². The summed E-state index contributed by atoms with van der Waals surface area (Å²) in [7, 11) is 1.36. The van der Waals surface area contributed by atoms with Crippen molar-refractivity contribution in [1.82, 2.24) is 0 Å². The minimum absolute atomic E-state index is 0.356. The van der Waals surface area contributed by atoms with E-state index in [2.05, 4.69) is 14.7 Å². The van der Waals surface area contributed by atoms with Crippen LogP contribution in [0.15, 0.2) is 5.16 Å². The van der Waals surface area contributed by atoms with Crippen LogP contribution in [0.5, 0.6) is 0 Å². The van der Waals surface area contributed by atoms with E-state index < -0.39 is 5.97 Å². The molecule has 0 radical (unpaired) electrons. The Morgan fingerprint density at radius 1 is 1.78 bits per heavy atom. The summed E-state index contributed by atoms with van der Waals surface area (Å²) in [5.41, 5.74) is 0. The van der Waals surface area contributed by atoms with Crippen molar-refractivity contribution in [3.8, 4) is 0 Å². The zero-order valence-electron chi connectivity index (χ0n) is 5.46. The standard InChI is InChI=1S/C5H9NO3/c1-3-9-5(7)4-6-8-2/h4H,3H2,1-2H3/b6-4-. The summed E-state index contributed by atoms with van der Waals surface area (Å²) >= 11 is 0. The first-order chi connectivity index (χ1) is 4.31. The van der Waals surface area contributed by atoms with Crippen LogP contribution >= 0.6 is 0 Å². The quantitative estimate of drug-likeness (QED) is 0.312. The second-order valence-corrected chi connectivity index (χ2v) is 1.17. The normalized spacial score (nSPS) is 9.56. The monoisotopic (exact) mass is 131 g/mol. The van der Waals surface area contributed by atoms with Crippen LogP contribution in [0.25, 0.3) is 0 Å². The van der Waals surface area contributed by atoms with Gasteiger partial charge in [0.2, 0.25) is 0 Å². The van der Waals surface area contributed by atoms with Crippen LogP contribution in [-0.4, -0.2) is 25.9 Å². The molecule has 0 saturated heterocycles. The Labute approximate surface area is 53.4 Å². The second kappa shape index (κ2) is 5.08. The molecule has 0 aliphatic rings. The van der Waals surface area contributed by atoms with E-state index in [0.717, 1.165) is 6.21 Å². The maximum absolute atomic E-state index is 10.4. The Balaban J connectivity index is 3.37. The fourth-order valence-corrected chi connectivity index (χ4v) is 0.275. The van der Waals surface area contributed by atoms with Crippen LogP contribution in [0, 0.1) is 0 Å². The molecule has 4 nitrogen and oxygen atoms in total. The van der Waals surface area contributed by atoms with E-state index in [9.17, 15) is 4.79 Å². The summed E-state index contributed by atoms with van der Waals surface area (Å²) in [6.45, 7) is 2.08. The molecule has 4 heteroatoms. The number of oxime groups is 1. The highest BCUT2D eigenvalue weighted by atomic mass is 16.6. The van der Waals surface area contributed by atoms with Crippen LogP contribution in [0.1, 0.15) is 6.92 Å². The van der Waals surface area contributed by atoms with E-state index in [-0.39, 0.29) is 0 Å². The van der Waals surface area contributed by atoms with Crippen molar-refractivity contribution in [2.24, 2.45) is 5.16 Å². The molecule has 0 atom stereocenters. The first-order valence-electron chi connectivity index (χ1n) is 2.54. The largest absolute Gasteiger partial charge is 0.462 e. The summed E-state index contributed by atoms with van der Waals surface area (Å²) < 4.78 is 4.48. The molecule has 0 aromatic rings. The summed E-state index contributed by atoms with van der Waals surface area (Å²) in [6, 6.07) is 0. The molecule has 0 amide bonds. The lowest BCUT2D eigenvalue weighted by Crippen LogP contribution is -2.04. The van der Waals surface area contributed by atoms with Gasteiger partial charge < -0.3 is 9.57 Å². The third kappa shape index (κ3) is 4.80. The summed E-state index contributed by atoms with van der Waals surface area (Å²) in [5.74, 6) is -0.487. The average Bonchev–Trinajstić information content (AvgIpc) is 1.85. The number of ether oxygens (including phenoxy) is 1. The highest BCUT2D eigenvalue weighted by Crippen LogP contribution is 1.73. The first-order valence-corrected chi connectivity index (χ1v) is 2.54. The molecular weight excluding hydrogens is 122 g/mol. The van der Waals surface area contributed by atoms with Gasteiger partial charge in [0.1, 0.15) is 7.11 Å². The van der Waals surface area contributed by atoms with Crippen molar-refractivity contribution in [1.29, 1.82) is 0 Å². The molecule has 0 aliphatic carbocycles. The number of esters is 1. The smallest absolute Gasteiger partial charge is 0.352 e. The molecule has 0 unspecified atom stereocenters. The van der Waals surface area contributed by atoms with Crippen molar-refractivity contribution in [3.63, 3.8) is 0 Å². The zero-order chi connectivity index (χ0) is 7.11. The Hall–Kier alpha value is -1.06. The van der Waals surface area contributed by atoms with Gasteiger partial charge in [0, 0.05) is 0 Å². The van der Waals surface area contributed by atoms with Crippen LogP contribution in [0.4, 0.5) is 0 Å². The van der Waals surface area contributed by atoms with Gasteiger partial charge >= 0.3 is 5.97 Å². The summed E-state index contributed by atoms with van der Waals surface area (Å²) in [4.78, 5) is 14.6. The van der Waals surface area contributed by atoms with Crippen molar-refractivity contribution in [2.45, 2.75) is 6.92 Å². The predicted molar refractivity (Wildman–Crippen MR) is 32.1 cm³/mol. The SMILES string of the molecule is CCOC(=O)/C=N\OC. The Morgan fingerprint density at radius 2 is 2.44 bits per heavy atom. The highest BCUT2D eigenvalue weighted by molar-refractivity contribution is 6.22. The van der Waals surface area contributed by atoms with Gasteiger partial charge in [-0.15, -0.1) is 0 Å². The van der Waals surface area contributed by atoms with E-state index in [4.69, 9.17) is 0 Å². The van der Waals surface area contributed by atoms with Gasteiger partial charge in [-0.05, 0) is 6.92 Å². The second-order valence-electron chi connectivity index (χ2n) is 1.17. The van der Waals surface area contributed by atoms with Crippen molar-refractivity contribution in [2.75, 3.05) is 13.7 Å². The molecule has 0 aliphatic heterocycles. The van der Waals surface area contributed by atoms with Gasteiger partial charge in [0.25, 0.3) is 0 Å². The Morgan fingerprint density at radius 3 is 2.89 bits per heavy atom. The highest BCUT2D eigenvalue weighted by Gasteiger charge is 1.92. The van der Waals surface area contributed by atoms with Gasteiger partial charge in [-0.25, -0.2) is 4.79 Å². The van der Waals surface area contributed by atoms with Crippen LogP contribution in [0.2, 0.25) is 0 Å². The average molecular weight is 131 g/mol. The van der Waals surface area contributed by atoms with Crippen LogP contribution < -0.4 is 0 Å². The first kappa shape index (κ1) is 7.94. The van der Waals surface area contributed by atoms with Gasteiger partial charge in [0.15, 0.2) is 6.21 Å². The Bertz CT molecular complexity index is 111. The minimum atomic E-state index is -0.487. The van der Waals surface area contributed by atoms with Crippen molar-refractivity contribution < 1.29 is 14.4 Å². The topological polar surface area (TPSA) is 47.9 Å². The van der Waals surface area contributed by atoms with Gasteiger partial charge in [0.05, 0.1) is 6.61 Å². The lowest BCUT2D eigenvalue weighted by Gasteiger charge is -1.91. The number of hydrogen-bond donors (Lipinski definition) is 0. The molecule has 0 fully saturated rings. The fourth-order valence-electron chi connectivity index (χ4n) is 0.275. The third-order valence-electron chi connectivity index (χ3n) is 0.550. The molecular formula is C5H9NO3. The zero-order valence-corrected chi connectivity index (χ0v) is 5.46.